The highest BCUT2D eigenvalue weighted by Crippen LogP contribution is 2.46. The van der Waals surface area contributed by atoms with Crippen molar-refractivity contribution in [2.75, 3.05) is 0 Å². The monoisotopic (exact) mass is 424 g/mol. The van der Waals surface area contributed by atoms with Crippen LogP contribution in [-0.2, 0) is 0 Å². The molecule has 0 fully saturated rings. The van der Waals surface area contributed by atoms with Crippen molar-refractivity contribution in [3.8, 4) is 45.2 Å². The first-order valence-electron chi connectivity index (χ1n) is 10.9. The lowest BCUT2D eigenvalue weighted by Crippen LogP contribution is -1.94. The van der Waals surface area contributed by atoms with E-state index < -0.39 is 0 Å². The Hall–Kier alpha value is -4.50. The van der Waals surface area contributed by atoms with Gasteiger partial charge in [0.25, 0.3) is 0 Å². The molecular weight excluding hydrogens is 404 g/mol. The minimum Gasteiger partial charge on any atom is -0.455 e. The van der Waals surface area contributed by atoms with Crippen LogP contribution in [0.5, 0.6) is 0 Å². The zero-order chi connectivity index (χ0) is 22.0. The van der Waals surface area contributed by atoms with E-state index in [1.807, 2.05) is 72.8 Å². The highest BCUT2D eigenvalue weighted by molar-refractivity contribution is 6.14. The molecule has 4 aromatic carbocycles. The van der Waals surface area contributed by atoms with Gasteiger partial charge >= 0.3 is 0 Å². The van der Waals surface area contributed by atoms with Crippen LogP contribution >= 0.6 is 0 Å². The Bertz CT molecular complexity index is 1410. The van der Waals surface area contributed by atoms with E-state index >= 15 is 0 Å². The summed E-state index contributed by atoms with van der Waals surface area (Å²) >= 11 is 0. The summed E-state index contributed by atoms with van der Waals surface area (Å²) < 4.78 is 6.68. The molecule has 0 aliphatic carbocycles. The van der Waals surface area contributed by atoms with Gasteiger partial charge in [0.1, 0.15) is 22.9 Å². The van der Waals surface area contributed by atoms with E-state index in [0.29, 0.717) is 0 Å². The fourth-order valence-electron chi connectivity index (χ4n) is 4.26. The molecule has 3 nitrogen and oxygen atoms in total. The van der Waals surface area contributed by atoms with Crippen molar-refractivity contribution in [1.29, 1.82) is 0 Å². The van der Waals surface area contributed by atoms with Crippen molar-refractivity contribution in [2.24, 2.45) is 0 Å². The van der Waals surface area contributed by atoms with Crippen molar-refractivity contribution in [2.45, 2.75) is 0 Å². The molecule has 0 amide bonds. The highest BCUT2D eigenvalue weighted by atomic mass is 16.3. The summed E-state index contributed by atoms with van der Waals surface area (Å²) in [5, 5.41) is 11.4. The summed E-state index contributed by atoms with van der Waals surface area (Å²) in [5.41, 5.74) is 5.66. The standard InChI is InChI=1S/C30H20N2O/c1-5-13-21(14-6-1)27-25-26(28(32-31-27)22-15-7-2-8-16-22)30(24-19-11-4-12-20-24)33-29(25)23-17-9-3-10-18-23/h1-20H. The summed E-state index contributed by atoms with van der Waals surface area (Å²) in [6.07, 6.45) is 0. The predicted octanol–water partition coefficient (Wildman–Crippen LogP) is 7.89. The Balaban J connectivity index is 1.79. The van der Waals surface area contributed by atoms with Crippen LogP contribution < -0.4 is 0 Å². The lowest BCUT2D eigenvalue weighted by molar-refractivity contribution is 0.602. The third-order valence-electron chi connectivity index (χ3n) is 5.80. The van der Waals surface area contributed by atoms with E-state index in [9.17, 15) is 0 Å². The Morgan fingerprint density at radius 2 is 0.667 bits per heavy atom. The molecule has 0 unspecified atom stereocenters. The van der Waals surface area contributed by atoms with Crippen LogP contribution in [0.2, 0.25) is 0 Å². The number of rotatable bonds is 4. The van der Waals surface area contributed by atoms with E-state index in [1.54, 1.807) is 0 Å². The van der Waals surface area contributed by atoms with Crippen molar-refractivity contribution in [3.05, 3.63) is 121 Å². The second-order valence-electron chi connectivity index (χ2n) is 7.87. The van der Waals surface area contributed by atoms with Gasteiger partial charge in [-0.3, -0.25) is 0 Å². The van der Waals surface area contributed by atoms with Gasteiger partial charge < -0.3 is 4.42 Å². The first kappa shape index (κ1) is 19.2. The van der Waals surface area contributed by atoms with Gasteiger partial charge in [-0.2, -0.15) is 0 Å². The first-order valence-corrected chi connectivity index (χ1v) is 10.9. The molecule has 33 heavy (non-hydrogen) atoms. The first-order chi connectivity index (χ1) is 16.4. The molecule has 2 heterocycles. The van der Waals surface area contributed by atoms with Crippen LogP contribution in [0, 0.1) is 0 Å². The van der Waals surface area contributed by atoms with Gasteiger partial charge in [-0.1, -0.05) is 121 Å². The Morgan fingerprint density at radius 1 is 0.364 bits per heavy atom. The predicted molar refractivity (Wildman–Crippen MR) is 134 cm³/mol. The van der Waals surface area contributed by atoms with Gasteiger partial charge in [0, 0.05) is 22.3 Å². The fourth-order valence-corrected chi connectivity index (χ4v) is 4.26. The topological polar surface area (TPSA) is 38.9 Å². The summed E-state index contributed by atoms with van der Waals surface area (Å²) in [7, 11) is 0. The van der Waals surface area contributed by atoms with Crippen LogP contribution in [0.25, 0.3) is 55.9 Å². The van der Waals surface area contributed by atoms with E-state index in [1.165, 1.54) is 0 Å². The van der Waals surface area contributed by atoms with E-state index in [-0.39, 0.29) is 0 Å². The fraction of sp³-hybridized carbons (Fsp3) is 0. The third-order valence-corrected chi connectivity index (χ3v) is 5.80. The Kier molecular flexibility index (Phi) is 4.78. The number of hydrogen-bond acceptors (Lipinski definition) is 3. The molecule has 6 rings (SSSR count). The Labute approximate surface area is 192 Å². The molecule has 2 aromatic heterocycles. The maximum atomic E-state index is 6.68. The molecular formula is C30H20N2O. The van der Waals surface area contributed by atoms with Crippen molar-refractivity contribution >= 4 is 10.8 Å². The highest BCUT2D eigenvalue weighted by Gasteiger charge is 2.25. The number of hydrogen-bond donors (Lipinski definition) is 0. The molecule has 0 saturated heterocycles. The van der Waals surface area contributed by atoms with Crippen LogP contribution in [0.1, 0.15) is 0 Å². The van der Waals surface area contributed by atoms with Crippen molar-refractivity contribution in [3.63, 3.8) is 0 Å². The minimum atomic E-state index is 0.801. The quantitative estimate of drug-likeness (QED) is 0.289. The summed E-state index contributed by atoms with van der Waals surface area (Å²) in [6, 6.07) is 40.8. The molecule has 0 aliphatic rings. The van der Waals surface area contributed by atoms with E-state index in [0.717, 1.165) is 55.9 Å². The maximum Gasteiger partial charge on any atom is 0.145 e. The SMILES string of the molecule is c1ccc(-c2nnc(-c3ccccc3)c3c(-c4ccccc4)oc(-c4ccccc4)c23)cc1. The number of aromatic nitrogens is 2. The van der Waals surface area contributed by atoms with Gasteiger partial charge in [-0.05, 0) is 0 Å². The minimum absolute atomic E-state index is 0.801. The lowest BCUT2D eigenvalue weighted by atomic mass is 9.97. The van der Waals surface area contributed by atoms with Crippen molar-refractivity contribution in [1.82, 2.24) is 10.2 Å². The van der Waals surface area contributed by atoms with Crippen LogP contribution in [-0.4, -0.2) is 10.2 Å². The molecule has 156 valence electrons. The smallest absolute Gasteiger partial charge is 0.145 e. The zero-order valence-corrected chi connectivity index (χ0v) is 17.8. The number of nitrogens with zero attached hydrogens (tertiary/aromatic N) is 2. The average molecular weight is 425 g/mol. The summed E-state index contributed by atoms with van der Waals surface area (Å²) in [4.78, 5) is 0. The molecule has 0 radical (unpaired) electrons. The molecule has 0 saturated carbocycles. The molecule has 0 N–H and O–H groups in total. The summed E-state index contributed by atoms with van der Waals surface area (Å²) in [5.74, 6) is 1.60. The van der Waals surface area contributed by atoms with Crippen LogP contribution in [0.15, 0.2) is 126 Å². The number of benzene rings is 4. The van der Waals surface area contributed by atoms with Gasteiger partial charge in [-0.25, -0.2) is 0 Å². The Morgan fingerprint density at radius 3 is 1.00 bits per heavy atom. The number of furan rings is 1. The molecule has 0 spiro atoms. The normalized spacial score (nSPS) is 11.0. The molecule has 0 aliphatic heterocycles. The average Bonchev–Trinajstić information content (AvgIpc) is 3.31. The van der Waals surface area contributed by atoms with E-state index in [2.05, 4.69) is 48.5 Å². The summed E-state index contributed by atoms with van der Waals surface area (Å²) in [6.45, 7) is 0. The van der Waals surface area contributed by atoms with E-state index in [4.69, 9.17) is 14.6 Å². The number of fused-ring (bicyclic) bond motifs is 1. The second-order valence-corrected chi connectivity index (χ2v) is 7.87. The lowest BCUT2D eigenvalue weighted by Gasteiger charge is -2.08. The molecule has 0 atom stereocenters. The van der Waals surface area contributed by atoms with Crippen LogP contribution in [0.3, 0.4) is 0 Å². The van der Waals surface area contributed by atoms with Crippen molar-refractivity contribution < 1.29 is 4.42 Å². The molecule has 3 heteroatoms. The zero-order valence-electron chi connectivity index (χ0n) is 17.8. The van der Waals surface area contributed by atoms with Gasteiger partial charge in [0.05, 0.1) is 10.8 Å². The van der Waals surface area contributed by atoms with Gasteiger partial charge in [0.2, 0.25) is 0 Å². The van der Waals surface area contributed by atoms with Gasteiger partial charge in [-0.15, -0.1) is 10.2 Å². The molecule has 0 bridgehead atoms. The van der Waals surface area contributed by atoms with Gasteiger partial charge in [0.15, 0.2) is 0 Å². The largest absolute Gasteiger partial charge is 0.455 e. The third kappa shape index (κ3) is 3.40. The second kappa shape index (κ2) is 8.21. The molecule has 6 aromatic rings. The maximum absolute atomic E-state index is 6.68. The van der Waals surface area contributed by atoms with Crippen LogP contribution in [0.4, 0.5) is 0 Å².